The molecule has 0 bridgehead atoms. The Bertz CT molecular complexity index is 389. The van der Waals surface area contributed by atoms with E-state index in [0.717, 1.165) is 13.1 Å². The maximum atomic E-state index is 10.7. The largest absolute Gasteiger partial charge is 0.492 e. The molecule has 1 aromatic carbocycles. The van der Waals surface area contributed by atoms with E-state index in [1.54, 1.807) is 24.3 Å². The third-order valence-electron chi connectivity index (χ3n) is 3.16. The Morgan fingerprint density at radius 3 is 2.53 bits per heavy atom. The van der Waals surface area contributed by atoms with Crippen molar-refractivity contribution in [3.63, 3.8) is 0 Å². The van der Waals surface area contributed by atoms with Crippen molar-refractivity contribution >= 4 is 5.97 Å². The lowest BCUT2D eigenvalue weighted by Gasteiger charge is -2.20. The standard InChI is InChI=1S/C15H23NO3/c1-4-12(2)11-16(3)9-10-19-14-7-5-13(6-8-14)15(17)18/h5-8,12H,4,9-11H2,1-3H3,(H,17,18). The number of hydrogen-bond acceptors (Lipinski definition) is 3. The molecule has 1 unspecified atom stereocenters. The molecule has 4 heteroatoms. The summed E-state index contributed by atoms with van der Waals surface area (Å²) in [6.45, 7) is 6.98. The van der Waals surface area contributed by atoms with Gasteiger partial charge >= 0.3 is 5.97 Å². The van der Waals surface area contributed by atoms with Gasteiger partial charge in [-0.2, -0.15) is 0 Å². The maximum absolute atomic E-state index is 10.7. The zero-order chi connectivity index (χ0) is 14.3. The van der Waals surface area contributed by atoms with Crippen LogP contribution in [-0.4, -0.2) is 42.7 Å². The minimum Gasteiger partial charge on any atom is -0.492 e. The van der Waals surface area contributed by atoms with Crippen molar-refractivity contribution in [2.24, 2.45) is 5.92 Å². The molecule has 0 aliphatic heterocycles. The molecular weight excluding hydrogens is 242 g/mol. The van der Waals surface area contributed by atoms with Crippen LogP contribution in [0.5, 0.6) is 5.75 Å². The molecule has 19 heavy (non-hydrogen) atoms. The third kappa shape index (κ3) is 5.75. The molecule has 0 saturated heterocycles. The summed E-state index contributed by atoms with van der Waals surface area (Å²) < 4.78 is 5.59. The molecule has 0 radical (unpaired) electrons. The second kappa shape index (κ2) is 7.79. The van der Waals surface area contributed by atoms with E-state index in [0.29, 0.717) is 18.3 Å². The Balaban J connectivity index is 2.31. The average Bonchev–Trinajstić information content (AvgIpc) is 2.39. The van der Waals surface area contributed by atoms with Crippen LogP contribution in [0.4, 0.5) is 0 Å². The first-order valence-electron chi connectivity index (χ1n) is 6.67. The molecule has 0 heterocycles. The van der Waals surface area contributed by atoms with Gasteiger partial charge in [-0.1, -0.05) is 20.3 Å². The van der Waals surface area contributed by atoms with Gasteiger partial charge in [0.25, 0.3) is 0 Å². The van der Waals surface area contributed by atoms with E-state index in [1.807, 2.05) is 0 Å². The Morgan fingerprint density at radius 1 is 1.37 bits per heavy atom. The number of benzene rings is 1. The fourth-order valence-electron chi connectivity index (χ4n) is 1.77. The highest BCUT2D eigenvalue weighted by atomic mass is 16.5. The number of likely N-dealkylation sites (N-methyl/N-ethyl adjacent to an activating group) is 1. The number of aromatic carboxylic acids is 1. The number of rotatable bonds is 8. The number of ether oxygens (including phenoxy) is 1. The lowest BCUT2D eigenvalue weighted by Crippen LogP contribution is -2.28. The summed E-state index contributed by atoms with van der Waals surface area (Å²) >= 11 is 0. The predicted molar refractivity (Wildman–Crippen MR) is 75.8 cm³/mol. The highest BCUT2D eigenvalue weighted by molar-refractivity contribution is 5.87. The topological polar surface area (TPSA) is 49.8 Å². The van der Waals surface area contributed by atoms with E-state index in [-0.39, 0.29) is 5.56 Å². The summed E-state index contributed by atoms with van der Waals surface area (Å²) in [5.41, 5.74) is 0.279. The van der Waals surface area contributed by atoms with Crippen LogP contribution in [0.25, 0.3) is 0 Å². The molecule has 1 atom stereocenters. The third-order valence-corrected chi connectivity index (χ3v) is 3.16. The summed E-state index contributed by atoms with van der Waals surface area (Å²) in [6.07, 6.45) is 1.18. The molecule has 0 aromatic heterocycles. The summed E-state index contributed by atoms with van der Waals surface area (Å²) in [7, 11) is 2.09. The van der Waals surface area contributed by atoms with Gasteiger partial charge in [0.05, 0.1) is 5.56 Å². The Labute approximate surface area is 115 Å². The molecule has 1 rings (SSSR count). The molecule has 106 valence electrons. The molecule has 0 aliphatic carbocycles. The van der Waals surface area contributed by atoms with E-state index in [4.69, 9.17) is 9.84 Å². The average molecular weight is 265 g/mol. The monoisotopic (exact) mass is 265 g/mol. The zero-order valence-electron chi connectivity index (χ0n) is 11.9. The normalized spacial score (nSPS) is 12.4. The van der Waals surface area contributed by atoms with Crippen LogP contribution in [0, 0.1) is 5.92 Å². The number of carboxylic acid groups (broad SMARTS) is 1. The van der Waals surface area contributed by atoms with Crippen molar-refractivity contribution in [3.8, 4) is 5.75 Å². The van der Waals surface area contributed by atoms with Gasteiger partial charge in [-0.15, -0.1) is 0 Å². The molecular formula is C15H23NO3. The van der Waals surface area contributed by atoms with Gasteiger partial charge < -0.3 is 14.7 Å². The lowest BCUT2D eigenvalue weighted by molar-refractivity contribution is 0.0697. The number of carboxylic acids is 1. The van der Waals surface area contributed by atoms with Crippen LogP contribution in [0.15, 0.2) is 24.3 Å². The zero-order valence-corrected chi connectivity index (χ0v) is 11.9. The molecule has 4 nitrogen and oxygen atoms in total. The van der Waals surface area contributed by atoms with Crippen molar-refractivity contribution in [1.29, 1.82) is 0 Å². The van der Waals surface area contributed by atoms with Crippen LogP contribution in [0.2, 0.25) is 0 Å². The molecule has 0 spiro atoms. The summed E-state index contributed by atoms with van der Waals surface area (Å²) in [5, 5.41) is 8.78. The smallest absolute Gasteiger partial charge is 0.335 e. The predicted octanol–water partition coefficient (Wildman–Crippen LogP) is 2.74. The highest BCUT2D eigenvalue weighted by Gasteiger charge is 2.05. The van der Waals surface area contributed by atoms with Crippen molar-refractivity contribution in [3.05, 3.63) is 29.8 Å². The van der Waals surface area contributed by atoms with Crippen LogP contribution < -0.4 is 4.74 Å². The SMILES string of the molecule is CCC(C)CN(C)CCOc1ccc(C(=O)O)cc1. The van der Waals surface area contributed by atoms with E-state index >= 15 is 0 Å². The summed E-state index contributed by atoms with van der Waals surface area (Å²) in [4.78, 5) is 12.9. The molecule has 1 aromatic rings. The van der Waals surface area contributed by atoms with Gasteiger partial charge in [0, 0.05) is 13.1 Å². The van der Waals surface area contributed by atoms with Crippen LogP contribution in [0.3, 0.4) is 0 Å². The Morgan fingerprint density at radius 2 is 2.00 bits per heavy atom. The molecule has 0 saturated carbocycles. The number of hydrogen-bond donors (Lipinski definition) is 1. The number of nitrogens with zero attached hydrogens (tertiary/aromatic N) is 1. The summed E-state index contributed by atoms with van der Waals surface area (Å²) in [5.74, 6) is 0.488. The van der Waals surface area contributed by atoms with E-state index in [2.05, 4.69) is 25.8 Å². The Hall–Kier alpha value is -1.55. The first-order chi connectivity index (χ1) is 9.02. The van der Waals surface area contributed by atoms with Crippen molar-refractivity contribution in [2.75, 3.05) is 26.7 Å². The Kier molecular flexibility index (Phi) is 6.36. The van der Waals surface area contributed by atoms with Gasteiger partial charge in [0.2, 0.25) is 0 Å². The quantitative estimate of drug-likeness (QED) is 0.785. The van der Waals surface area contributed by atoms with Crippen LogP contribution in [-0.2, 0) is 0 Å². The fourth-order valence-corrected chi connectivity index (χ4v) is 1.77. The lowest BCUT2D eigenvalue weighted by atomic mass is 10.1. The second-order valence-electron chi connectivity index (χ2n) is 4.95. The molecule has 0 aliphatic rings. The second-order valence-corrected chi connectivity index (χ2v) is 4.95. The van der Waals surface area contributed by atoms with E-state index in [9.17, 15) is 4.79 Å². The molecule has 1 N–H and O–H groups in total. The van der Waals surface area contributed by atoms with Crippen LogP contribution >= 0.6 is 0 Å². The first kappa shape index (κ1) is 15.5. The van der Waals surface area contributed by atoms with Gasteiger partial charge in [-0.25, -0.2) is 4.79 Å². The van der Waals surface area contributed by atoms with Gasteiger partial charge in [0.1, 0.15) is 12.4 Å². The minimum atomic E-state index is -0.917. The first-order valence-corrected chi connectivity index (χ1v) is 6.67. The molecule has 0 fully saturated rings. The van der Waals surface area contributed by atoms with Crippen LogP contribution in [0.1, 0.15) is 30.6 Å². The molecule has 0 amide bonds. The van der Waals surface area contributed by atoms with Gasteiger partial charge in [0.15, 0.2) is 0 Å². The summed E-state index contributed by atoms with van der Waals surface area (Å²) in [6, 6.07) is 6.50. The van der Waals surface area contributed by atoms with Crippen molar-refractivity contribution in [2.45, 2.75) is 20.3 Å². The number of carbonyl (C=O) groups is 1. The maximum Gasteiger partial charge on any atom is 0.335 e. The fraction of sp³-hybridized carbons (Fsp3) is 0.533. The minimum absolute atomic E-state index is 0.279. The van der Waals surface area contributed by atoms with Crippen molar-refractivity contribution in [1.82, 2.24) is 4.90 Å². The van der Waals surface area contributed by atoms with E-state index in [1.165, 1.54) is 6.42 Å². The van der Waals surface area contributed by atoms with Gasteiger partial charge in [-0.05, 0) is 37.2 Å². The van der Waals surface area contributed by atoms with Gasteiger partial charge in [-0.3, -0.25) is 0 Å². The van der Waals surface area contributed by atoms with E-state index < -0.39 is 5.97 Å². The van der Waals surface area contributed by atoms with Crippen molar-refractivity contribution < 1.29 is 14.6 Å². The highest BCUT2D eigenvalue weighted by Crippen LogP contribution is 2.12.